The predicted octanol–water partition coefficient (Wildman–Crippen LogP) is 5.20. The molecule has 6 nitrogen and oxygen atoms in total. The van der Waals surface area contributed by atoms with Gasteiger partial charge < -0.3 is 14.6 Å². The number of rotatable bonds is 6. The average molecular weight is 441 g/mol. The fourth-order valence-electron chi connectivity index (χ4n) is 3.05. The van der Waals surface area contributed by atoms with Crippen molar-refractivity contribution in [1.82, 2.24) is 9.71 Å². The van der Waals surface area contributed by atoms with E-state index in [4.69, 9.17) is 9.25 Å². The zero-order valence-corrected chi connectivity index (χ0v) is 16.9. The van der Waals surface area contributed by atoms with Crippen LogP contribution in [-0.2, 0) is 12.8 Å². The molecule has 2 aromatic carbocycles. The predicted molar refractivity (Wildman–Crippen MR) is 112 cm³/mol. The zero-order chi connectivity index (χ0) is 22.7. The number of benzene rings is 2. The van der Waals surface area contributed by atoms with Crippen molar-refractivity contribution in [2.24, 2.45) is 0 Å². The number of alkyl halides is 3. The van der Waals surface area contributed by atoms with Gasteiger partial charge in [-0.15, -0.1) is 4.73 Å². The summed E-state index contributed by atoms with van der Waals surface area (Å²) in [6.45, 7) is 1.96. The van der Waals surface area contributed by atoms with Crippen LogP contribution in [0.25, 0.3) is 11.3 Å². The highest BCUT2D eigenvalue weighted by Crippen LogP contribution is 2.31. The van der Waals surface area contributed by atoms with E-state index in [1.54, 1.807) is 13.0 Å². The third-order valence-electron chi connectivity index (χ3n) is 4.62. The Morgan fingerprint density at radius 2 is 1.78 bits per heavy atom. The van der Waals surface area contributed by atoms with Crippen LogP contribution in [0.5, 0.6) is 0 Å². The number of aromatic nitrogens is 2. The molecular weight excluding hydrogens is 423 g/mol. The summed E-state index contributed by atoms with van der Waals surface area (Å²) in [5.74, 6) is 0.289. The zero-order valence-electron chi connectivity index (χ0n) is 16.9. The summed E-state index contributed by atoms with van der Waals surface area (Å²) < 4.78 is 44.9. The summed E-state index contributed by atoms with van der Waals surface area (Å²) >= 11 is 0. The monoisotopic (exact) mass is 441 g/mol. The Balaban J connectivity index is 1.47. The fourth-order valence-corrected chi connectivity index (χ4v) is 3.05. The van der Waals surface area contributed by atoms with Crippen molar-refractivity contribution >= 4 is 11.7 Å². The van der Waals surface area contributed by atoms with Crippen LogP contribution in [0.1, 0.15) is 16.8 Å². The van der Waals surface area contributed by atoms with E-state index in [1.807, 2.05) is 30.3 Å². The number of aryl methyl sites for hydroxylation is 1. The van der Waals surface area contributed by atoms with Gasteiger partial charge >= 0.3 is 6.18 Å². The number of halogens is 3. The van der Waals surface area contributed by atoms with Gasteiger partial charge in [-0.3, -0.25) is 4.79 Å². The summed E-state index contributed by atoms with van der Waals surface area (Å²) in [6.07, 6.45) is -3.02. The fraction of sp³-hybridized carbons (Fsp3) is 0.130. The third kappa shape index (κ3) is 4.83. The molecule has 0 aliphatic carbocycles. The Morgan fingerprint density at radius 3 is 2.44 bits per heavy atom. The summed E-state index contributed by atoms with van der Waals surface area (Å²) in [7, 11) is 0. The largest absolute Gasteiger partial charge is 0.423 e. The van der Waals surface area contributed by atoms with Gasteiger partial charge in [0.05, 0.1) is 17.5 Å². The van der Waals surface area contributed by atoms with Crippen LogP contribution in [0.2, 0.25) is 0 Å². The minimum absolute atomic E-state index is 0.0988. The molecule has 0 saturated heterocycles. The lowest BCUT2D eigenvalue weighted by atomic mass is 10.1. The topological polar surface area (TPSA) is 69.3 Å². The van der Waals surface area contributed by atoms with E-state index in [1.165, 1.54) is 29.1 Å². The highest BCUT2D eigenvalue weighted by Gasteiger charge is 2.30. The first-order valence-corrected chi connectivity index (χ1v) is 9.61. The third-order valence-corrected chi connectivity index (χ3v) is 4.62. The van der Waals surface area contributed by atoms with E-state index >= 15 is 0 Å². The van der Waals surface area contributed by atoms with E-state index in [0.29, 0.717) is 16.9 Å². The first kappa shape index (κ1) is 21.2. The van der Waals surface area contributed by atoms with Crippen LogP contribution < -0.4 is 15.7 Å². The van der Waals surface area contributed by atoms with Crippen molar-refractivity contribution in [3.8, 4) is 11.3 Å². The highest BCUT2D eigenvalue weighted by molar-refractivity contribution is 5.60. The normalized spacial score (nSPS) is 11.4. The number of hydrogen-bond acceptors (Lipinski definition) is 5. The molecule has 0 fully saturated rings. The minimum atomic E-state index is -4.41. The number of pyridine rings is 1. The second kappa shape index (κ2) is 8.62. The van der Waals surface area contributed by atoms with Crippen molar-refractivity contribution in [2.45, 2.75) is 19.7 Å². The van der Waals surface area contributed by atoms with E-state index < -0.39 is 11.7 Å². The van der Waals surface area contributed by atoms with Crippen LogP contribution in [0.15, 0.2) is 82.1 Å². The van der Waals surface area contributed by atoms with E-state index in [9.17, 15) is 18.0 Å². The quantitative estimate of drug-likeness (QED) is 0.445. The smallest absolute Gasteiger partial charge is 0.416 e. The minimum Gasteiger partial charge on any atom is -0.423 e. The van der Waals surface area contributed by atoms with Gasteiger partial charge in [0.1, 0.15) is 6.61 Å². The Hall–Kier alpha value is -4.01. The molecule has 0 spiro atoms. The summed E-state index contributed by atoms with van der Waals surface area (Å²) in [5.41, 5.74) is 1.25. The molecule has 0 atom stereocenters. The van der Waals surface area contributed by atoms with Gasteiger partial charge in [0, 0.05) is 17.3 Å². The number of hydrogen-bond donors (Lipinski definition) is 1. The first-order chi connectivity index (χ1) is 15.3. The van der Waals surface area contributed by atoms with Crippen LogP contribution in [-0.4, -0.2) is 9.71 Å². The van der Waals surface area contributed by atoms with E-state index in [0.717, 1.165) is 17.7 Å². The molecule has 0 amide bonds. The highest BCUT2D eigenvalue weighted by atomic mass is 19.4. The van der Waals surface area contributed by atoms with Crippen LogP contribution in [0.4, 0.5) is 24.9 Å². The Bertz CT molecular complexity index is 1260. The lowest BCUT2D eigenvalue weighted by Gasteiger charge is -2.12. The molecule has 0 aliphatic heterocycles. The van der Waals surface area contributed by atoms with Crippen LogP contribution >= 0.6 is 0 Å². The molecule has 32 heavy (non-hydrogen) atoms. The second-order valence-electron chi connectivity index (χ2n) is 7.01. The number of oxazole rings is 1. The molecule has 0 aliphatic rings. The number of nitrogens with one attached hydrogen (secondary N) is 1. The Kier molecular flexibility index (Phi) is 5.72. The van der Waals surface area contributed by atoms with Gasteiger partial charge in [-0.2, -0.15) is 13.2 Å². The maximum atomic E-state index is 12.7. The first-order valence-electron chi connectivity index (χ1n) is 9.61. The maximum absolute atomic E-state index is 12.7. The number of anilines is 2. The average Bonchev–Trinajstić information content (AvgIpc) is 3.22. The van der Waals surface area contributed by atoms with Crippen molar-refractivity contribution in [3.63, 3.8) is 0 Å². The molecule has 4 rings (SSSR count). The molecule has 2 aromatic heterocycles. The maximum Gasteiger partial charge on any atom is 0.416 e. The Labute approximate surface area is 180 Å². The second-order valence-corrected chi connectivity index (χ2v) is 7.01. The molecule has 164 valence electrons. The lowest BCUT2D eigenvalue weighted by molar-refractivity contribution is -0.137. The van der Waals surface area contributed by atoms with Crippen LogP contribution in [0.3, 0.4) is 0 Å². The summed E-state index contributed by atoms with van der Waals surface area (Å²) in [5, 5.41) is 2.89. The van der Waals surface area contributed by atoms with E-state index in [2.05, 4.69) is 10.3 Å². The summed E-state index contributed by atoms with van der Waals surface area (Å²) in [6, 6.07) is 17.1. The Morgan fingerprint density at radius 1 is 1.06 bits per heavy atom. The summed E-state index contributed by atoms with van der Waals surface area (Å²) in [4.78, 5) is 22.2. The van der Waals surface area contributed by atoms with E-state index in [-0.39, 0.29) is 23.9 Å². The molecule has 2 heterocycles. The van der Waals surface area contributed by atoms with Crippen molar-refractivity contribution in [1.29, 1.82) is 0 Å². The molecule has 9 heteroatoms. The van der Waals surface area contributed by atoms with Gasteiger partial charge in [0.2, 0.25) is 0 Å². The SMILES string of the molecule is Cc1cc(Nc2ncc(-c3ccc(C(F)(F)F)cc3)o2)cc(=O)n1OCc1ccccc1. The molecular formula is C23H18F3N3O3. The van der Waals surface area contributed by atoms with Crippen molar-refractivity contribution in [2.75, 3.05) is 5.32 Å². The van der Waals surface area contributed by atoms with Gasteiger partial charge in [-0.25, -0.2) is 4.98 Å². The molecule has 4 aromatic rings. The van der Waals surface area contributed by atoms with Gasteiger partial charge in [-0.05, 0) is 30.7 Å². The van der Waals surface area contributed by atoms with Gasteiger partial charge in [-0.1, -0.05) is 42.5 Å². The lowest BCUT2D eigenvalue weighted by Crippen LogP contribution is -2.28. The van der Waals surface area contributed by atoms with Crippen molar-refractivity contribution < 1.29 is 22.4 Å². The molecule has 1 N–H and O–H groups in total. The standard InChI is InChI=1S/C23H18F3N3O3/c1-15-11-19(12-21(30)29(15)31-14-16-5-3-2-4-6-16)28-22-27-13-20(32-22)17-7-9-18(10-8-17)23(24,25)26/h2-13H,14H2,1H3,(H,27,28). The van der Waals surface area contributed by atoms with Gasteiger partial charge in [0.25, 0.3) is 11.6 Å². The molecule has 0 bridgehead atoms. The molecule has 0 saturated carbocycles. The van der Waals surface area contributed by atoms with Crippen molar-refractivity contribution in [3.05, 3.63) is 100 Å². The van der Waals surface area contributed by atoms with Gasteiger partial charge in [0.15, 0.2) is 5.76 Å². The number of nitrogens with zero attached hydrogens (tertiary/aromatic N) is 2. The van der Waals surface area contributed by atoms with Crippen LogP contribution in [0, 0.1) is 6.92 Å². The molecule has 0 unspecified atom stereocenters. The molecule has 0 radical (unpaired) electrons.